The predicted octanol–water partition coefficient (Wildman–Crippen LogP) is 1.21. The van der Waals surface area contributed by atoms with Gasteiger partial charge in [0.15, 0.2) is 0 Å². The molecule has 2 fully saturated rings. The van der Waals surface area contributed by atoms with E-state index in [1.54, 1.807) is 4.90 Å². The summed E-state index contributed by atoms with van der Waals surface area (Å²) in [5, 5.41) is 2.83. The molecular formula is C20H27N3O3. The molecule has 140 valence electrons. The Labute approximate surface area is 154 Å². The Hall–Kier alpha value is -2.37. The van der Waals surface area contributed by atoms with Crippen LogP contribution in [-0.2, 0) is 20.8 Å². The van der Waals surface area contributed by atoms with Crippen LogP contribution in [-0.4, -0.2) is 60.2 Å². The van der Waals surface area contributed by atoms with Gasteiger partial charge in [-0.2, -0.15) is 0 Å². The number of nitrogens with one attached hydrogen (secondary N) is 1. The Kier molecular flexibility index (Phi) is 6.26. The van der Waals surface area contributed by atoms with Crippen LogP contribution in [0.3, 0.4) is 0 Å². The van der Waals surface area contributed by atoms with Crippen LogP contribution in [0.1, 0.15) is 31.2 Å². The first-order valence-electron chi connectivity index (χ1n) is 9.50. The summed E-state index contributed by atoms with van der Waals surface area (Å²) < 4.78 is 0. The number of carbonyl (C=O) groups excluding carboxylic acids is 3. The van der Waals surface area contributed by atoms with Crippen molar-refractivity contribution in [3.05, 3.63) is 35.9 Å². The van der Waals surface area contributed by atoms with Gasteiger partial charge in [-0.25, -0.2) is 0 Å². The van der Waals surface area contributed by atoms with Crippen LogP contribution < -0.4 is 5.32 Å². The molecule has 1 aromatic carbocycles. The molecule has 3 rings (SSSR count). The summed E-state index contributed by atoms with van der Waals surface area (Å²) in [4.78, 5) is 40.1. The van der Waals surface area contributed by atoms with Crippen molar-refractivity contribution in [2.24, 2.45) is 5.92 Å². The maximum atomic E-state index is 12.3. The third-order valence-corrected chi connectivity index (χ3v) is 5.20. The van der Waals surface area contributed by atoms with Gasteiger partial charge in [-0.1, -0.05) is 30.3 Å². The number of hydrogen-bond acceptors (Lipinski definition) is 3. The summed E-state index contributed by atoms with van der Waals surface area (Å²) in [6.45, 7) is 3.13. The third-order valence-electron chi connectivity index (χ3n) is 5.20. The van der Waals surface area contributed by atoms with Crippen LogP contribution in [0.15, 0.2) is 30.3 Å². The van der Waals surface area contributed by atoms with Crippen molar-refractivity contribution in [2.75, 3.05) is 32.7 Å². The molecule has 2 heterocycles. The number of nitrogens with zero attached hydrogens (tertiary/aromatic N) is 2. The van der Waals surface area contributed by atoms with E-state index in [2.05, 4.69) is 5.32 Å². The van der Waals surface area contributed by atoms with E-state index in [1.165, 1.54) is 5.56 Å². The summed E-state index contributed by atoms with van der Waals surface area (Å²) in [6.07, 6.45) is 3.54. The van der Waals surface area contributed by atoms with Gasteiger partial charge in [0.2, 0.25) is 17.7 Å². The lowest BCUT2D eigenvalue weighted by atomic mass is 10.1. The van der Waals surface area contributed by atoms with Gasteiger partial charge in [0, 0.05) is 45.6 Å². The molecule has 6 nitrogen and oxygen atoms in total. The minimum absolute atomic E-state index is 0.0363. The van der Waals surface area contributed by atoms with Gasteiger partial charge in [-0.3, -0.25) is 14.4 Å². The van der Waals surface area contributed by atoms with Crippen molar-refractivity contribution in [3.8, 4) is 0 Å². The van der Waals surface area contributed by atoms with Gasteiger partial charge < -0.3 is 15.1 Å². The zero-order chi connectivity index (χ0) is 18.4. The molecule has 26 heavy (non-hydrogen) atoms. The molecule has 0 spiro atoms. The molecular weight excluding hydrogens is 330 g/mol. The number of amides is 3. The number of rotatable bonds is 7. The SMILES string of the molecule is O=C(NCCC(=O)N1CCCC1)C1CC(=O)N(CCc2ccccc2)C1. The zero-order valence-electron chi connectivity index (χ0n) is 15.2. The van der Waals surface area contributed by atoms with E-state index >= 15 is 0 Å². The van der Waals surface area contributed by atoms with Crippen molar-refractivity contribution in [3.63, 3.8) is 0 Å². The van der Waals surface area contributed by atoms with Crippen LogP contribution in [0.25, 0.3) is 0 Å². The van der Waals surface area contributed by atoms with E-state index in [-0.39, 0.29) is 30.1 Å². The number of hydrogen-bond donors (Lipinski definition) is 1. The highest BCUT2D eigenvalue weighted by molar-refractivity contribution is 5.89. The Morgan fingerprint density at radius 3 is 2.58 bits per heavy atom. The summed E-state index contributed by atoms with van der Waals surface area (Å²) >= 11 is 0. The van der Waals surface area contributed by atoms with Gasteiger partial charge in [0.1, 0.15) is 0 Å². The summed E-state index contributed by atoms with van der Waals surface area (Å²) in [5.41, 5.74) is 1.19. The highest BCUT2D eigenvalue weighted by atomic mass is 16.2. The highest BCUT2D eigenvalue weighted by Gasteiger charge is 2.33. The summed E-state index contributed by atoms with van der Waals surface area (Å²) in [5.74, 6) is -0.279. The lowest BCUT2D eigenvalue weighted by Crippen LogP contribution is -2.36. The topological polar surface area (TPSA) is 69.7 Å². The van der Waals surface area contributed by atoms with Crippen LogP contribution in [0.4, 0.5) is 0 Å². The minimum atomic E-state index is -0.305. The first kappa shape index (κ1) is 18.4. The van der Waals surface area contributed by atoms with Gasteiger partial charge in [0.05, 0.1) is 5.92 Å². The average Bonchev–Trinajstić information content (AvgIpc) is 3.31. The monoisotopic (exact) mass is 357 g/mol. The first-order chi connectivity index (χ1) is 12.6. The van der Waals surface area contributed by atoms with Crippen molar-refractivity contribution in [2.45, 2.75) is 32.1 Å². The normalized spacial score (nSPS) is 19.8. The molecule has 0 radical (unpaired) electrons. The lowest BCUT2D eigenvalue weighted by molar-refractivity contribution is -0.131. The van der Waals surface area contributed by atoms with Crippen molar-refractivity contribution < 1.29 is 14.4 Å². The zero-order valence-corrected chi connectivity index (χ0v) is 15.2. The summed E-state index contributed by atoms with van der Waals surface area (Å²) in [6, 6.07) is 10.0. The third kappa shape index (κ3) is 4.84. The Bertz CT molecular complexity index is 641. The predicted molar refractivity (Wildman–Crippen MR) is 98.3 cm³/mol. The average molecular weight is 357 g/mol. The van der Waals surface area contributed by atoms with E-state index in [0.717, 1.165) is 32.4 Å². The van der Waals surface area contributed by atoms with Crippen LogP contribution in [0, 0.1) is 5.92 Å². The molecule has 2 aliphatic rings. The second-order valence-corrected chi connectivity index (χ2v) is 7.11. The second-order valence-electron chi connectivity index (χ2n) is 7.11. The molecule has 0 aliphatic carbocycles. The van der Waals surface area contributed by atoms with Crippen molar-refractivity contribution in [1.29, 1.82) is 0 Å². The molecule has 2 aliphatic heterocycles. The van der Waals surface area contributed by atoms with E-state index in [1.807, 2.05) is 35.2 Å². The van der Waals surface area contributed by atoms with Gasteiger partial charge in [0.25, 0.3) is 0 Å². The van der Waals surface area contributed by atoms with Crippen molar-refractivity contribution >= 4 is 17.7 Å². The minimum Gasteiger partial charge on any atom is -0.355 e. The molecule has 1 unspecified atom stereocenters. The second kappa shape index (κ2) is 8.83. The fourth-order valence-electron chi connectivity index (χ4n) is 3.63. The van der Waals surface area contributed by atoms with Gasteiger partial charge >= 0.3 is 0 Å². The fraction of sp³-hybridized carbons (Fsp3) is 0.550. The van der Waals surface area contributed by atoms with E-state index < -0.39 is 0 Å². The fourth-order valence-corrected chi connectivity index (χ4v) is 3.63. The van der Waals surface area contributed by atoms with E-state index in [0.29, 0.717) is 26.1 Å². The number of likely N-dealkylation sites (tertiary alicyclic amines) is 2. The van der Waals surface area contributed by atoms with Crippen molar-refractivity contribution in [1.82, 2.24) is 15.1 Å². The van der Waals surface area contributed by atoms with Gasteiger partial charge in [-0.05, 0) is 24.8 Å². The molecule has 0 saturated carbocycles. The molecule has 6 heteroatoms. The largest absolute Gasteiger partial charge is 0.355 e. The quantitative estimate of drug-likeness (QED) is 0.797. The van der Waals surface area contributed by atoms with Crippen LogP contribution in [0.2, 0.25) is 0 Å². The molecule has 0 aromatic heterocycles. The molecule has 3 amide bonds. The number of benzene rings is 1. The maximum absolute atomic E-state index is 12.3. The first-order valence-corrected chi connectivity index (χ1v) is 9.50. The van der Waals surface area contributed by atoms with Crippen LogP contribution in [0.5, 0.6) is 0 Å². The smallest absolute Gasteiger partial charge is 0.225 e. The lowest BCUT2D eigenvalue weighted by Gasteiger charge is -2.17. The molecule has 1 aromatic rings. The Balaban J connectivity index is 1.38. The van der Waals surface area contributed by atoms with Gasteiger partial charge in [-0.15, -0.1) is 0 Å². The Morgan fingerprint density at radius 2 is 1.85 bits per heavy atom. The molecule has 0 bridgehead atoms. The highest BCUT2D eigenvalue weighted by Crippen LogP contribution is 2.18. The van der Waals surface area contributed by atoms with E-state index in [9.17, 15) is 14.4 Å². The van der Waals surface area contributed by atoms with E-state index in [4.69, 9.17) is 0 Å². The van der Waals surface area contributed by atoms with Crippen LogP contribution >= 0.6 is 0 Å². The standard InChI is InChI=1S/C20H27N3O3/c24-18(22-11-4-5-12-22)8-10-21-20(26)17-14-19(25)23(15-17)13-9-16-6-2-1-3-7-16/h1-3,6-7,17H,4-5,8-15H2,(H,21,26). The maximum Gasteiger partial charge on any atom is 0.225 e. The summed E-state index contributed by atoms with van der Waals surface area (Å²) in [7, 11) is 0. The molecule has 2 saturated heterocycles. The molecule has 1 N–H and O–H groups in total. The number of carbonyl (C=O) groups is 3. The molecule has 1 atom stereocenters. The Morgan fingerprint density at radius 1 is 1.12 bits per heavy atom.